The molecule has 8 heteroatoms. The first-order chi connectivity index (χ1) is 16.0. The molecule has 2 amide bonds. The Hall–Kier alpha value is -4.30. The van der Waals surface area contributed by atoms with Crippen molar-refractivity contribution in [3.63, 3.8) is 0 Å². The van der Waals surface area contributed by atoms with Crippen molar-refractivity contribution in [1.29, 1.82) is 0 Å². The number of hydrogen-bond donors (Lipinski definition) is 3. The van der Waals surface area contributed by atoms with Crippen molar-refractivity contribution in [2.24, 2.45) is 5.73 Å². The summed E-state index contributed by atoms with van der Waals surface area (Å²) in [7, 11) is 0. The van der Waals surface area contributed by atoms with Gasteiger partial charge in [-0.3, -0.25) is 9.59 Å². The van der Waals surface area contributed by atoms with Crippen LogP contribution >= 0.6 is 0 Å². The highest BCUT2D eigenvalue weighted by Crippen LogP contribution is 2.19. The molecule has 0 aliphatic carbocycles. The summed E-state index contributed by atoms with van der Waals surface area (Å²) >= 11 is 0. The van der Waals surface area contributed by atoms with E-state index in [0.717, 1.165) is 16.8 Å². The largest absolute Gasteiger partial charge is 0.381 e. The highest BCUT2D eigenvalue weighted by Gasteiger charge is 2.27. The van der Waals surface area contributed by atoms with Crippen LogP contribution in [0.15, 0.2) is 91.3 Å². The number of amides is 2. The molecule has 2 heterocycles. The number of carbonyl (C=O) groups excluding carboxylic acids is 2. The fourth-order valence-electron chi connectivity index (χ4n) is 3.52. The maximum absolute atomic E-state index is 13.2. The number of carbonyl (C=O) groups is 2. The van der Waals surface area contributed by atoms with Gasteiger partial charge in [-0.05, 0) is 30.2 Å². The zero-order chi connectivity index (χ0) is 23.2. The molecular formula is C25H23N5O3. The van der Waals surface area contributed by atoms with Crippen LogP contribution in [0.2, 0.25) is 0 Å². The molecule has 0 radical (unpaired) electrons. The summed E-state index contributed by atoms with van der Waals surface area (Å²) in [6.07, 6.45) is 1.96. The minimum absolute atomic E-state index is 0.228. The number of hydrogen-bond acceptors (Lipinski definition) is 5. The fraction of sp³-hybridized carbons (Fsp3) is 0.120. The van der Waals surface area contributed by atoms with Crippen molar-refractivity contribution in [1.82, 2.24) is 20.1 Å². The number of benzene rings is 2. The van der Waals surface area contributed by atoms with E-state index in [4.69, 9.17) is 5.73 Å². The van der Waals surface area contributed by atoms with E-state index in [-0.39, 0.29) is 12.0 Å². The lowest BCUT2D eigenvalue weighted by Gasteiger charge is -2.22. The van der Waals surface area contributed by atoms with Crippen molar-refractivity contribution in [3.8, 4) is 17.1 Å². The third kappa shape index (κ3) is 5.13. The third-order valence-corrected chi connectivity index (χ3v) is 5.19. The minimum atomic E-state index is -1.55. The van der Waals surface area contributed by atoms with E-state index in [1.54, 1.807) is 24.5 Å². The third-order valence-electron chi connectivity index (χ3n) is 5.19. The summed E-state index contributed by atoms with van der Waals surface area (Å²) in [5.41, 5.74) is 8.08. The zero-order valence-corrected chi connectivity index (χ0v) is 17.7. The second-order valence-corrected chi connectivity index (χ2v) is 7.50. The van der Waals surface area contributed by atoms with E-state index >= 15 is 0 Å². The first kappa shape index (κ1) is 21.9. The first-order valence-electron chi connectivity index (χ1n) is 10.4. The lowest BCUT2D eigenvalue weighted by Crippen LogP contribution is -2.50. The maximum Gasteiger partial charge on any atom is 0.255 e. The van der Waals surface area contributed by atoms with Crippen molar-refractivity contribution >= 4 is 11.8 Å². The number of nitrogens with one attached hydrogen (secondary N) is 1. The summed E-state index contributed by atoms with van der Waals surface area (Å²) < 4.78 is 1.52. The SMILES string of the molecule is NC(=O)C(O)C(Cc1ccccc1)NC(=O)c1cccnc1-n1ccc(-c2ccccc2)n1. The molecule has 0 spiro atoms. The number of primary amides is 1. The Labute approximate surface area is 190 Å². The first-order valence-corrected chi connectivity index (χ1v) is 10.4. The summed E-state index contributed by atoms with van der Waals surface area (Å²) in [6, 6.07) is 23.0. The number of aromatic nitrogens is 3. The van der Waals surface area contributed by atoms with Crippen molar-refractivity contribution in [3.05, 3.63) is 102 Å². The van der Waals surface area contributed by atoms with E-state index in [2.05, 4.69) is 15.4 Å². The van der Waals surface area contributed by atoms with Crippen LogP contribution in [0.1, 0.15) is 15.9 Å². The second kappa shape index (κ2) is 9.88. The van der Waals surface area contributed by atoms with Gasteiger partial charge < -0.3 is 16.2 Å². The normalized spacial score (nSPS) is 12.6. The van der Waals surface area contributed by atoms with Crippen LogP contribution in [0.3, 0.4) is 0 Å². The summed E-state index contributed by atoms with van der Waals surface area (Å²) in [5.74, 6) is -1.09. The predicted molar refractivity (Wildman–Crippen MR) is 123 cm³/mol. The summed E-state index contributed by atoms with van der Waals surface area (Å²) in [5, 5.41) is 17.6. The number of nitrogens with zero attached hydrogens (tertiary/aromatic N) is 3. The van der Waals surface area contributed by atoms with Crippen molar-refractivity contribution < 1.29 is 14.7 Å². The average molecular weight is 441 g/mol. The van der Waals surface area contributed by atoms with Gasteiger partial charge in [0.1, 0.15) is 0 Å². The minimum Gasteiger partial charge on any atom is -0.381 e. The molecule has 4 rings (SSSR count). The van der Waals surface area contributed by atoms with Gasteiger partial charge in [-0.2, -0.15) is 5.10 Å². The smallest absolute Gasteiger partial charge is 0.255 e. The molecule has 2 aromatic heterocycles. The molecule has 2 atom stereocenters. The highest BCUT2D eigenvalue weighted by molar-refractivity contribution is 5.97. The van der Waals surface area contributed by atoms with Crippen LogP contribution in [0.5, 0.6) is 0 Å². The Balaban J connectivity index is 1.61. The number of rotatable bonds is 8. The van der Waals surface area contributed by atoms with Crippen molar-refractivity contribution in [2.75, 3.05) is 0 Å². The number of aliphatic hydroxyl groups is 1. The van der Waals surface area contributed by atoms with Crippen LogP contribution in [-0.4, -0.2) is 43.8 Å². The molecule has 0 aliphatic heterocycles. The highest BCUT2D eigenvalue weighted by atomic mass is 16.3. The van der Waals surface area contributed by atoms with E-state index in [9.17, 15) is 14.7 Å². The fourth-order valence-corrected chi connectivity index (χ4v) is 3.52. The van der Waals surface area contributed by atoms with Gasteiger partial charge in [0.25, 0.3) is 5.91 Å². The molecule has 0 fully saturated rings. The van der Waals surface area contributed by atoms with Gasteiger partial charge in [-0.25, -0.2) is 9.67 Å². The number of aliphatic hydroxyl groups excluding tert-OH is 1. The van der Waals surface area contributed by atoms with Crippen LogP contribution in [0.25, 0.3) is 17.1 Å². The lowest BCUT2D eigenvalue weighted by molar-refractivity contribution is -0.127. The van der Waals surface area contributed by atoms with E-state index in [1.165, 1.54) is 4.68 Å². The molecule has 0 aliphatic rings. The molecular weight excluding hydrogens is 418 g/mol. The van der Waals surface area contributed by atoms with E-state index in [1.807, 2.05) is 66.7 Å². The van der Waals surface area contributed by atoms with Gasteiger partial charge in [0.05, 0.1) is 17.3 Å². The Morgan fingerprint density at radius 1 is 0.970 bits per heavy atom. The molecule has 2 unspecified atom stereocenters. The van der Waals surface area contributed by atoms with Crippen LogP contribution in [-0.2, 0) is 11.2 Å². The second-order valence-electron chi connectivity index (χ2n) is 7.50. The van der Waals surface area contributed by atoms with E-state index < -0.39 is 24.0 Å². The number of nitrogens with two attached hydrogens (primary N) is 1. The molecule has 8 nitrogen and oxygen atoms in total. The quantitative estimate of drug-likeness (QED) is 0.387. The molecule has 0 bridgehead atoms. The molecule has 4 aromatic rings. The Morgan fingerprint density at radius 3 is 2.36 bits per heavy atom. The maximum atomic E-state index is 13.2. The number of pyridine rings is 1. The monoisotopic (exact) mass is 441 g/mol. The van der Waals surface area contributed by atoms with Gasteiger partial charge in [0.15, 0.2) is 11.9 Å². The molecule has 33 heavy (non-hydrogen) atoms. The molecule has 166 valence electrons. The standard InChI is InChI=1S/C25H23N5O3/c26-23(32)22(31)21(16-17-8-3-1-4-9-17)28-25(33)19-12-7-14-27-24(19)30-15-13-20(29-30)18-10-5-2-6-11-18/h1-15,21-22,31H,16H2,(H2,26,32)(H,28,33). The predicted octanol–water partition coefficient (Wildman–Crippen LogP) is 2.12. The Bertz CT molecular complexity index is 1240. The van der Waals surface area contributed by atoms with E-state index in [0.29, 0.717) is 5.82 Å². The summed E-state index contributed by atoms with van der Waals surface area (Å²) in [6.45, 7) is 0. The van der Waals surface area contributed by atoms with Gasteiger partial charge >= 0.3 is 0 Å². The molecule has 0 saturated heterocycles. The zero-order valence-electron chi connectivity index (χ0n) is 17.7. The van der Waals surface area contributed by atoms with Gasteiger partial charge in [0, 0.05) is 18.0 Å². The molecule has 2 aromatic carbocycles. The van der Waals surface area contributed by atoms with Gasteiger partial charge in [0.2, 0.25) is 5.91 Å². The topological polar surface area (TPSA) is 123 Å². The van der Waals surface area contributed by atoms with Crippen LogP contribution in [0.4, 0.5) is 0 Å². The van der Waals surface area contributed by atoms with Gasteiger partial charge in [-0.15, -0.1) is 0 Å². The lowest BCUT2D eigenvalue weighted by atomic mass is 10.0. The Kier molecular flexibility index (Phi) is 6.56. The van der Waals surface area contributed by atoms with Crippen LogP contribution < -0.4 is 11.1 Å². The molecule has 0 saturated carbocycles. The average Bonchev–Trinajstić information content (AvgIpc) is 3.34. The van der Waals surface area contributed by atoms with Crippen LogP contribution in [0, 0.1) is 0 Å². The summed E-state index contributed by atoms with van der Waals surface area (Å²) in [4.78, 5) is 29.2. The molecule has 4 N–H and O–H groups in total. The van der Waals surface area contributed by atoms with Gasteiger partial charge in [-0.1, -0.05) is 60.7 Å². The van der Waals surface area contributed by atoms with Crippen molar-refractivity contribution in [2.45, 2.75) is 18.6 Å². The Morgan fingerprint density at radius 2 is 1.67 bits per heavy atom.